The molecule has 0 spiro atoms. The first kappa shape index (κ1) is 16.1. The summed E-state index contributed by atoms with van der Waals surface area (Å²) in [6, 6.07) is 5.34. The van der Waals surface area contributed by atoms with Gasteiger partial charge in [0.1, 0.15) is 5.82 Å². The quantitative estimate of drug-likeness (QED) is 0.582. The maximum atomic E-state index is 14.2. The molecule has 0 bridgehead atoms. The van der Waals surface area contributed by atoms with E-state index in [0.717, 1.165) is 48.2 Å². The number of benzene rings is 1. The van der Waals surface area contributed by atoms with Crippen LogP contribution in [0, 0.1) is 5.82 Å². The molecule has 21 heavy (non-hydrogen) atoms. The third-order valence-corrected chi connectivity index (χ3v) is 4.63. The molecule has 114 valence electrons. The van der Waals surface area contributed by atoms with Gasteiger partial charge in [0.25, 0.3) is 0 Å². The number of hydrogen-bond donors (Lipinski definition) is 1. The zero-order valence-corrected chi connectivity index (χ0v) is 13.6. The molecule has 1 heterocycles. The summed E-state index contributed by atoms with van der Waals surface area (Å²) in [6.07, 6.45) is 2.98. The first-order chi connectivity index (χ1) is 10.2. The Morgan fingerprint density at radius 3 is 2.95 bits per heavy atom. The van der Waals surface area contributed by atoms with Crippen molar-refractivity contribution in [3.63, 3.8) is 0 Å². The lowest BCUT2D eigenvalue weighted by molar-refractivity contribution is 0.363. The van der Waals surface area contributed by atoms with Gasteiger partial charge in [-0.3, -0.25) is 4.90 Å². The van der Waals surface area contributed by atoms with Crippen molar-refractivity contribution in [2.75, 3.05) is 20.1 Å². The van der Waals surface area contributed by atoms with Gasteiger partial charge in [0.05, 0.1) is 0 Å². The summed E-state index contributed by atoms with van der Waals surface area (Å²) in [4.78, 5) is 3.39. The highest BCUT2D eigenvalue weighted by Crippen LogP contribution is 2.34. The number of hydrogen-bond acceptors (Lipinski definition) is 3. The van der Waals surface area contributed by atoms with Crippen molar-refractivity contribution >= 4 is 21.4 Å². The summed E-state index contributed by atoms with van der Waals surface area (Å²) < 4.78 is 15.3. The van der Waals surface area contributed by atoms with Crippen LogP contribution >= 0.6 is 11.3 Å². The van der Waals surface area contributed by atoms with E-state index in [9.17, 15) is 4.39 Å². The van der Waals surface area contributed by atoms with Crippen LogP contribution in [0.15, 0.2) is 30.9 Å². The first-order valence-electron chi connectivity index (χ1n) is 7.36. The molecule has 0 fully saturated rings. The van der Waals surface area contributed by atoms with E-state index < -0.39 is 0 Å². The maximum Gasteiger partial charge on any atom is 0.132 e. The minimum atomic E-state index is -0.118. The zero-order valence-electron chi connectivity index (χ0n) is 12.8. The van der Waals surface area contributed by atoms with E-state index in [0.29, 0.717) is 0 Å². The molecule has 1 aromatic heterocycles. The molecule has 0 aliphatic rings. The molecule has 4 heteroatoms. The number of fused-ring (bicyclic) bond motifs is 1. The average Bonchev–Trinajstić information content (AvgIpc) is 2.79. The lowest BCUT2D eigenvalue weighted by atomic mass is 10.1. The van der Waals surface area contributed by atoms with Crippen molar-refractivity contribution in [1.82, 2.24) is 10.2 Å². The van der Waals surface area contributed by atoms with Gasteiger partial charge < -0.3 is 5.32 Å². The molecule has 0 aliphatic carbocycles. The van der Waals surface area contributed by atoms with Crippen LogP contribution in [0.1, 0.15) is 23.8 Å². The Bertz CT molecular complexity index is 606. The van der Waals surface area contributed by atoms with Crippen LogP contribution in [-0.2, 0) is 13.1 Å². The topological polar surface area (TPSA) is 15.3 Å². The summed E-state index contributed by atoms with van der Waals surface area (Å²) in [5, 5.41) is 4.21. The van der Waals surface area contributed by atoms with Crippen LogP contribution in [0.5, 0.6) is 0 Å². The molecule has 0 aliphatic heterocycles. The predicted molar refractivity (Wildman–Crippen MR) is 90.3 cm³/mol. The molecule has 1 N–H and O–H groups in total. The summed E-state index contributed by atoms with van der Waals surface area (Å²) >= 11 is 1.69. The second kappa shape index (κ2) is 7.69. The molecular weight excluding hydrogens is 283 g/mol. The van der Waals surface area contributed by atoms with Gasteiger partial charge >= 0.3 is 0 Å². The molecule has 0 radical (unpaired) electrons. The Morgan fingerprint density at radius 2 is 2.24 bits per heavy atom. The molecule has 1 aromatic carbocycles. The molecule has 0 saturated heterocycles. The SMILES string of the molecule is C=CCN(C)Cc1c(CNCCC)sc2cccc(F)c12. The summed E-state index contributed by atoms with van der Waals surface area (Å²) in [5.74, 6) is -0.118. The van der Waals surface area contributed by atoms with Crippen molar-refractivity contribution in [2.45, 2.75) is 26.4 Å². The van der Waals surface area contributed by atoms with E-state index in [-0.39, 0.29) is 5.82 Å². The lowest BCUT2D eigenvalue weighted by Crippen LogP contribution is -2.20. The number of nitrogens with zero attached hydrogens (tertiary/aromatic N) is 1. The summed E-state index contributed by atoms with van der Waals surface area (Å²) in [5.41, 5.74) is 1.11. The van der Waals surface area contributed by atoms with Gasteiger partial charge in [-0.15, -0.1) is 17.9 Å². The van der Waals surface area contributed by atoms with Crippen molar-refractivity contribution in [3.05, 3.63) is 47.1 Å². The highest BCUT2D eigenvalue weighted by molar-refractivity contribution is 7.19. The van der Waals surface area contributed by atoms with Gasteiger partial charge in [-0.05, 0) is 37.7 Å². The van der Waals surface area contributed by atoms with E-state index in [4.69, 9.17) is 0 Å². The molecule has 0 saturated carbocycles. The molecule has 2 aromatic rings. The molecule has 2 rings (SSSR count). The number of thiophene rings is 1. The third-order valence-electron chi connectivity index (χ3n) is 3.43. The van der Waals surface area contributed by atoms with Crippen LogP contribution in [-0.4, -0.2) is 25.0 Å². The summed E-state index contributed by atoms with van der Waals surface area (Å²) in [7, 11) is 2.04. The van der Waals surface area contributed by atoms with E-state index >= 15 is 0 Å². The molecule has 0 unspecified atom stereocenters. The Hall–Kier alpha value is -1.23. The van der Waals surface area contributed by atoms with Crippen LogP contribution in [0.4, 0.5) is 4.39 Å². The number of rotatable bonds is 8. The minimum Gasteiger partial charge on any atom is -0.312 e. The predicted octanol–water partition coefficient (Wildman–Crippen LogP) is 4.16. The highest BCUT2D eigenvalue weighted by Gasteiger charge is 2.16. The Balaban J connectivity index is 2.36. The van der Waals surface area contributed by atoms with Crippen LogP contribution < -0.4 is 5.32 Å². The van der Waals surface area contributed by atoms with Crippen LogP contribution in [0.2, 0.25) is 0 Å². The minimum absolute atomic E-state index is 0.118. The number of likely N-dealkylation sites (N-methyl/N-ethyl adjacent to an activating group) is 1. The van der Waals surface area contributed by atoms with Gasteiger partial charge in [-0.2, -0.15) is 0 Å². The molecule has 0 amide bonds. The highest BCUT2D eigenvalue weighted by atomic mass is 32.1. The van der Waals surface area contributed by atoms with Crippen LogP contribution in [0.3, 0.4) is 0 Å². The van der Waals surface area contributed by atoms with Crippen molar-refractivity contribution in [2.24, 2.45) is 0 Å². The molecule has 2 nitrogen and oxygen atoms in total. The fourth-order valence-electron chi connectivity index (χ4n) is 2.46. The van der Waals surface area contributed by atoms with Crippen molar-refractivity contribution < 1.29 is 4.39 Å². The van der Waals surface area contributed by atoms with Gasteiger partial charge in [-0.1, -0.05) is 19.1 Å². The van der Waals surface area contributed by atoms with E-state index in [2.05, 4.69) is 23.7 Å². The fourth-order valence-corrected chi connectivity index (χ4v) is 3.66. The van der Waals surface area contributed by atoms with E-state index in [1.165, 1.54) is 4.88 Å². The summed E-state index contributed by atoms with van der Waals surface area (Å²) in [6.45, 7) is 9.26. The van der Waals surface area contributed by atoms with Gasteiger partial charge in [0, 0.05) is 34.6 Å². The van der Waals surface area contributed by atoms with Gasteiger partial charge in [0.2, 0.25) is 0 Å². The maximum absolute atomic E-state index is 14.2. The van der Waals surface area contributed by atoms with Crippen molar-refractivity contribution in [1.29, 1.82) is 0 Å². The third kappa shape index (κ3) is 3.90. The zero-order chi connectivity index (χ0) is 15.2. The van der Waals surface area contributed by atoms with Gasteiger partial charge in [0.15, 0.2) is 0 Å². The second-order valence-electron chi connectivity index (χ2n) is 5.28. The standard InChI is InChI=1S/C17H23FN2S/c1-4-9-19-11-16-13(12-20(3)10-5-2)17-14(18)7-6-8-15(17)21-16/h5-8,19H,2,4,9-12H2,1,3H3. The van der Waals surface area contributed by atoms with E-state index in [1.807, 2.05) is 19.2 Å². The monoisotopic (exact) mass is 306 g/mol. The Kier molecular flexibility index (Phi) is 5.91. The number of nitrogens with one attached hydrogen (secondary N) is 1. The van der Waals surface area contributed by atoms with Gasteiger partial charge in [-0.25, -0.2) is 4.39 Å². The average molecular weight is 306 g/mol. The number of halogens is 1. The van der Waals surface area contributed by atoms with Crippen molar-refractivity contribution in [3.8, 4) is 0 Å². The lowest BCUT2D eigenvalue weighted by Gasteiger charge is -2.15. The normalized spacial score (nSPS) is 11.4. The first-order valence-corrected chi connectivity index (χ1v) is 8.18. The smallest absolute Gasteiger partial charge is 0.132 e. The molecular formula is C17H23FN2S. The Morgan fingerprint density at radius 1 is 1.43 bits per heavy atom. The molecule has 0 atom stereocenters. The second-order valence-corrected chi connectivity index (χ2v) is 6.42. The fraction of sp³-hybridized carbons (Fsp3) is 0.412. The Labute approximate surface area is 130 Å². The van der Waals surface area contributed by atoms with E-state index in [1.54, 1.807) is 23.5 Å². The van der Waals surface area contributed by atoms with Crippen LogP contribution in [0.25, 0.3) is 10.1 Å². The largest absolute Gasteiger partial charge is 0.312 e.